The summed E-state index contributed by atoms with van der Waals surface area (Å²) >= 11 is 1.62. The second-order valence-corrected chi connectivity index (χ2v) is 19.6. The lowest BCUT2D eigenvalue weighted by Crippen LogP contribution is -2.38. The minimum Gasteiger partial charge on any atom is -0.484 e. The third-order valence-electron chi connectivity index (χ3n) is 13.8. The van der Waals surface area contributed by atoms with Crippen LogP contribution >= 0.6 is 11.3 Å². The number of aryl methyl sites for hydroxylation is 5. The van der Waals surface area contributed by atoms with Crippen LogP contribution in [-0.2, 0) is 69.3 Å². The van der Waals surface area contributed by atoms with Crippen molar-refractivity contribution in [3.05, 3.63) is 130 Å². The first-order valence-electron chi connectivity index (χ1n) is 26.4. The van der Waals surface area contributed by atoms with E-state index >= 15 is 4.39 Å². The molecule has 17 nitrogen and oxygen atoms in total. The van der Waals surface area contributed by atoms with Gasteiger partial charge in [0.1, 0.15) is 23.9 Å². The average Bonchev–Trinajstić information content (AvgIpc) is 4.34. The zero-order valence-corrected chi connectivity index (χ0v) is 44.5. The number of nitrogens with zero attached hydrogens (tertiary/aromatic N) is 9. The number of fused-ring (bicyclic) bond motifs is 4. The average molecular weight is 1060 g/mol. The fraction of sp³-hybridized carbons (Fsp3) is 0.421. The fourth-order valence-corrected chi connectivity index (χ4v) is 10.4. The molecule has 1 saturated heterocycles. The van der Waals surface area contributed by atoms with Gasteiger partial charge in [-0.2, -0.15) is 0 Å². The van der Waals surface area contributed by atoms with E-state index in [1.807, 2.05) is 25.4 Å². The van der Waals surface area contributed by atoms with Gasteiger partial charge >= 0.3 is 0 Å². The minimum atomic E-state index is -0.425. The summed E-state index contributed by atoms with van der Waals surface area (Å²) in [6.07, 6.45) is 3.04. The van der Waals surface area contributed by atoms with Gasteiger partial charge in [0, 0.05) is 90.5 Å². The van der Waals surface area contributed by atoms with Gasteiger partial charge in [-0.3, -0.25) is 4.90 Å². The van der Waals surface area contributed by atoms with Crippen LogP contribution in [-0.4, -0.2) is 136 Å². The molecule has 10 rings (SSSR count). The molecule has 6 heterocycles. The zero-order chi connectivity index (χ0) is 52.1. The Morgan fingerprint density at radius 1 is 0.737 bits per heavy atom. The lowest BCUT2D eigenvalue weighted by molar-refractivity contribution is -0.00245. The van der Waals surface area contributed by atoms with Gasteiger partial charge in [0.2, 0.25) is 0 Å². The van der Waals surface area contributed by atoms with E-state index < -0.39 is 5.82 Å². The van der Waals surface area contributed by atoms with Crippen LogP contribution in [0.25, 0.3) is 55.2 Å². The van der Waals surface area contributed by atoms with Crippen molar-refractivity contribution < 1.29 is 37.3 Å². The van der Waals surface area contributed by atoms with Crippen molar-refractivity contribution in [1.29, 1.82) is 0 Å². The van der Waals surface area contributed by atoms with Crippen LogP contribution in [0.15, 0.2) is 94.4 Å². The summed E-state index contributed by atoms with van der Waals surface area (Å²) in [7, 11) is 0. The monoisotopic (exact) mass is 1050 g/mol. The first-order chi connectivity index (χ1) is 37.4. The Labute approximate surface area is 445 Å². The Balaban J connectivity index is 0.573. The van der Waals surface area contributed by atoms with Gasteiger partial charge in [-0.25, -0.2) is 19.0 Å². The Bertz CT molecular complexity index is 3270. The SMILES string of the molecule is CCn1c2ccc(CNCCOCCOCCOCCOCCn3cc(COc4ccc(CCc5nc6cc(-c7c(C)noc7C)ccc6n5CCN5CCOCC5)cc4F)nn3)cc2c2ccc(-c3cscn3)cc21. The van der Waals surface area contributed by atoms with Crippen LogP contribution in [0.5, 0.6) is 5.75 Å². The number of aromatic nitrogens is 8. The minimum absolute atomic E-state index is 0.0846. The van der Waals surface area contributed by atoms with Crippen LogP contribution in [0.2, 0.25) is 0 Å². The number of hydrogen-bond donors (Lipinski definition) is 1. The molecule has 0 amide bonds. The van der Waals surface area contributed by atoms with Gasteiger partial charge in [0.15, 0.2) is 11.6 Å². The maximum Gasteiger partial charge on any atom is 0.165 e. The van der Waals surface area contributed by atoms with Crippen LogP contribution in [0.4, 0.5) is 4.39 Å². The van der Waals surface area contributed by atoms with E-state index in [-0.39, 0.29) is 12.4 Å². The highest BCUT2D eigenvalue weighted by molar-refractivity contribution is 7.07. The molecule has 1 N–H and O–H groups in total. The third kappa shape index (κ3) is 13.2. The number of rotatable bonds is 29. The van der Waals surface area contributed by atoms with Crippen molar-refractivity contribution in [3.63, 3.8) is 0 Å². The molecule has 0 bridgehead atoms. The number of thiazole rings is 1. The van der Waals surface area contributed by atoms with Crippen molar-refractivity contribution in [2.45, 2.75) is 66.4 Å². The molecular weight excluding hydrogens is 988 g/mol. The molecule has 0 atom stereocenters. The van der Waals surface area contributed by atoms with E-state index in [1.165, 1.54) is 27.4 Å². The van der Waals surface area contributed by atoms with Crippen molar-refractivity contribution in [3.8, 4) is 28.1 Å². The second-order valence-electron chi connectivity index (χ2n) is 18.9. The topological polar surface area (TPSA) is 163 Å². The molecule has 0 radical (unpaired) electrons. The summed E-state index contributed by atoms with van der Waals surface area (Å²) in [6, 6.07) is 24.9. The fourth-order valence-electron chi connectivity index (χ4n) is 9.88. The molecule has 5 aromatic heterocycles. The molecule has 1 aliphatic heterocycles. The molecule has 0 unspecified atom stereocenters. The molecule has 0 aliphatic carbocycles. The maximum atomic E-state index is 15.4. The van der Waals surface area contributed by atoms with Crippen LogP contribution in [0.3, 0.4) is 0 Å². The standard InChI is InChI=1S/C57H67FN10O7S/c1-4-67-52-11-5-43(31-48(52)47-10-8-44(34-54(47)67)51-38-76-39-60-51)35-59-15-21-69-25-27-72-29-30-73-28-26-71-24-20-66-36-46(62-64-66)37-74-55-13-6-42(32-49(55)58)7-14-56-61-50-33-45(57-40(2)63-75-41(57)3)9-12-53(50)68(56)17-16-65-18-22-70-23-19-65/h5-6,8-13,31-34,36,38-39,59H,4,7,14-30,35,37H2,1-3H3. The van der Waals surface area contributed by atoms with Gasteiger partial charge in [0.25, 0.3) is 0 Å². The van der Waals surface area contributed by atoms with Crippen molar-refractivity contribution in [1.82, 2.24) is 49.5 Å². The lowest BCUT2D eigenvalue weighted by atomic mass is 10.0. The summed E-state index contributed by atoms with van der Waals surface area (Å²) in [5, 5.41) is 20.7. The number of morpholine rings is 1. The van der Waals surface area contributed by atoms with Gasteiger partial charge in [0.05, 0.1) is 107 Å². The second kappa shape index (κ2) is 26.1. The molecule has 19 heteroatoms. The van der Waals surface area contributed by atoms with E-state index in [9.17, 15) is 0 Å². The Morgan fingerprint density at radius 3 is 2.28 bits per heavy atom. The molecule has 1 aliphatic rings. The summed E-state index contributed by atoms with van der Waals surface area (Å²) in [5.74, 6) is 1.48. The number of ether oxygens (including phenoxy) is 6. The molecule has 0 saturated carbocycles. The molecular formula is C57H67FN10O7S. The van der Waals surface area contributed by atoms with Gasteiger partial charge in [-0.1, -0.05) is 40.7 Å². The van der Waals surface area contributed by atoms with Crippen LogP contribution in [0.1, 0.15) is 41.0 Å². The van der Waals surface area contributed by atoms with Gasteiger partial charge in [-0.05, 0) is 86.3 Å². The van der Waals surface area contributed by atoms with Gasteiger partial charge in [-0.15, -0.1) is 16.4 Å². The predicted molar refractivity (Wildman–Crippen MR) is 291 cm³/mol. The summed E-state index contributed by atoms with van der Waals surface area (Å²) < 4.78 is 61.5. The predicted octanol–water partition coefficient (Wildman–Crippen LogP) is 8.84. The first-order valence-corrected chi connectivity index (χ1v) is 27.3. The highest BCUT2D eigenvalue weighted by Gasteiger charge is 2.19. The summed E-state index contributed by atoms with van der Waals surface area (Å²) in [5.41, 5.74) is 14.1. The van der Waals surface area contributed by atoms with E-state index in [2.05, 4.69) is 107 Å². The normalized spacial score (nSPS) is 13.3. The van der Waals surface area contributed by atoms with Crippen molar-refractivity contribution >= 4 is 44.2 Å². The maximum absolute atomic E-state index is 15.4. The molecule has 400 valence electrons. The highest BCUT2D eigenvalue weighted by atomic mass is 32.1. The van der Waals surface area contributed by atoms with Gasteiger partial charge < -0.3 is 47.4 Å². The lowest BCUT2D eigenvalue weighted by Gasteiger charge is -2.27. The van der Waals surface area contributed by atoms with Crippen LogP contribution in [0, 0.1) is 19.7 Å². The van der Waals surface area contributed by atoms with E-state index in [0.29, 0.717) is 77.9 Å². The number of nitrogens with one attached hydrogen (secondary N) is 1. The van der Waals surface area contributed by atoms with E-state index in [1.54, 1.807) is 34.3 Å². The van der Waals surface area contributed by atoms with E-state index in [4.69, 9.17) is 37.9 Å². The Morgan fingerprint density at radius 2 is 1.51 bits per heavy atom. The Kier molecular flexibility index (Phi) is 18.2. The number of halogens is 1. The molecule has 76 heavy (non-hydrogen) atoms. The quantitative estimate of drug-likeness (QED) is 0.0443. The molecule has 9 aromatic rings. The zero-order valence-electron chi connectivity index (χ0n) is 43.7. The third-order valence-corrected chi connectivity index (χ3v) is 14.4. The Hall–Kier alpha value is -6.42. The molecule has 4 aromatic carbocycles. The highest BCUT2D eigenvalue weighted by Crippen LogP contribution is 2.34. The number of imidazole rings is 1. The summed E-state index contributed by atoms with van der Waals surface area (Å²) in [6.45, 7) is 18.0. The summed E-state index contributed by atoms with van der Waals surface area (Å²) in [4.78, 5) is 12.0. The van der Waals surface area contributed by atoms with Crippen molar-refractivity contribution in [2.75, 3.05) is 92.2 Å². The van der Waals surface area contributed by atoms with E-state index in [0.717, 1.165) is 115 Å². The first kappa shape index (κ1) is 53.0. The number of benzene rings is 4. The molecule has 0 spiro atoms. The van der Waals surface area contributed by atoms with Crippen LogP contribution < -0.4 is 10.1 Å². The smallest absolute Gasteiger partial charge is 0.165 e. The molecule has 1 fully saturated rings. The number of hydrogen-bond acceptors (Lipinski definition) is 15. The largest absolute Gasteiger partial charge is 0.484 e. The van der Waals surface area contributed by atoms with Crippen molar-refractivity contribution in [2.24, 2.45) is 0 Å².